The van der Waals surface area contributed by atoms with Crippen LogP contribution >= 0.6 is 15.9 Å². The molecule has 0 bridgehead atoms. The van der Waals surface area contributed by atoms with Gasteiger partial charge in [-0.15, -0.1) is 0 Å². The number of carbonyl (C=O) groups is 2. The average molecular weight is 299 g/mol. The topological polar surface area (TPSA) is 58.2 Å². The minimum absolute atomic E-state index is 0.0155. The van der Waals surface area contributed by atoms with E-state index in [1.165, 1.54) is 0 Å². The summed E-state index contributed by atoms with van der Waals surface area (Å²) in [5.41, 5.74) is 0.518. The highest BCUT2D eigenvalue weighted by atomic mass is 79.9. The van der Waals surface area contributed by atoms with Crippen molar-refractivity contribution >= 4 is 27.7 Å². The third-order valence-corrected chi connectivity index (χ3v) is 2.67. The van der Waals surface area contributed by atoms with Gasteiger partial charge in [0.15, 0.2) is 0 Å². The molecule has 1 aromatic rings. The lowest BCUT2D eigenvalue weighted by molar-refractivity contribution is -0.120. The molecule has 0 spiro atoms. The Kier molecular flexibility index (Phi) is 5.15. The highest BCUT2D eigenvalue weighted by molar-refractivity contribution is 9.10. The van der Waals surface area contributed by atoms with Gasteiger partial charge in [-0.05, 0) is 41.9 Å². The van der Waals surface area contributed by atoms with E-state index in [0.717, 1.165) is 0 Å². The van der Waals surface area contributed by atoms with Gasteiger partial charge in [0.05, 0.1) is 12.1 Å². The van der Waals surface area contributed by atoms with E-state index >= 15 is 0 Å². The number of nitrogens with one attached hydrogen (secondary N) is 2. The van der Waals surface area contributed by atoms with Gasteiger partial charge in [0.2, 0.25) is 5.91 Å². The number of rotatable bonds is 4. The summed E-state index contributed by atoms with van der Waals surface area (Å²) in [6, 6.07) is 7.14. The van der Waals surface area contributed by atoms with E-state index in [0.29, 0.717) is 10.0 Å². The Hall–Kier alpha value is -1.36. The molecule has 0 radical (unpaired) electrons. The molecule has 2 amide bonds. The zero-order valence-electron chi connectivity index (χ0n) is 9.79. The van der Waals surface area contributed by atoms with Gasteiger partial charge < -0.3 is 10.6 Å². The quantitative estimate of drug-likeness (QED) is 0.889. The Labute approximate surface area is 109 Å². The van der Waals surface area contributed by atoms with Crippen molar-refractivity contribution in [3.63, 3.8) is 0 Å². The van der Waals surface area contributed by atoms with Gasteiger partial charge in [-0.3, -0.25) is 9.59 Å². The van der Waals surface area contributed by atoms with Crippen LogP contribution in [0.25, 0.3) is 0 Å². The monoisotopic (exact) mass is 298 g/mol. The van der Waals surface area contributed by atoms with Gasteiger partial charge in [-0.2, -0.15) is 0 Å². The van der Waals surface area contributed by atoms with Crippen molar-refractivity contribution in [1.29, 1.82) is 0 Å². The fraction of sp³-hybridized carbons (Fsp3) is 0.333. The minimum Gasteiger partial charge on any atom is -0.352 e. The van der Waals surface area contributed by atoms with Crippen molar-refractivity contribution < 1.29 is 9.59 Å². The van der Waals surface area contributed by atoms with E-state index in [1.54, 1.807) is 18.2 Å². The summed E-state index contributed by atoms with van der Waals surface area (Å²) in [7, 11) is 0. The minimum atomic E-state index is -0.267. The van der Waals surface area contributed by atoms with Gasteiger partial charge in [-0.1, -0.05) is 12.1 Å². The Balaban J connectivity index is 2.51. The zero-order valence-corrected chi connectivity index (χ0v) is 11.4. The van der Waals surface area contributed by atoms with Crippen LogP contribution < -0.4 is 10.6 Å². The SMILES string of the molecule is CC(C)NC(=O)CNC(=O)c1ccccc1Br. The third kappa shape index (κ3) is 4.56. The molecule has 0 aliphatic carbocycles. The highest BCUT2D eigenvalue weighted by Gasteiger charge is 2.10. The smallest absolute Gasteiger partial charge is 0.252 e. The van der Waals surface area contributed by atoms with Crippen LogP contribution in [0.1, 0.15) is 24.2 Å². The molecule has 0 aromatic heterocycles. The molecular weight excluding hydrogens is 284 g/mol. The van der Waals surface area contributed by atoms with Gasteiger partial charge in [-0.25, -0.2) is 0 Å². The first-order valence-corrected chi connectivity index (χ1v) is 6.12. The number of hydrogen-bond acceptors (Lipinski definition) is 2. The fourth-order valence-corrected chi connectivity index (χ4v) is 1.74. The first-order chi connectivity index (χ1) is 8.00. The molecule has 1 aromatic carbocycles. The molecule has 4 nitrogen and oxygen atoms in total. The molecule has 0 fully saturated rings. The Morgan fingerprint density at radius 1 is 1.29 bits per heavy atom. The summed E-state index contributed by atoms with van der Waals surface area (Å²) in [5, 5.41) is 5.26. The molecule has 5 heteroatoms. The molecular formula is C12H15BrN2O2. The van der Waals surface area contributed by atoms with Crippen molar-refractivity contribution in [2.45, 2.75) is 19.9 Å². The van der Waals surface area contributed by atoms with Crippen LogP contribution in [0.2, 0.25) is 0 Å². The maximum Gasteiger partial charge on any atom is 0.252 e. The second kappa shape index (κ2) is 6.39. The van der Waals surface area contributed by atoms with Crippen molar-refractivity contribution in [1.82, 2.24) is 10.6 Å². The molecule has 0 atom stereocenters. The number of carbonyl (C=O) groups excluding carboxylic acids is 2. The Morgan fingerprint density at radius 3 is 2.53 bits per heavy atom. The van der Waals surface area contributed by atoms with Crippen LogP contribution in [0.4, 0.5) is 0 Å². The van der Waals surface area contributed by atoms with E-state index in [1.807, 2.05) is 19.9 Å². The first-order valence-electron chi connectivity index (χ1n) is 5.33. The lowest BCUT2D eigenvalue weighted by Crippen LogP contribution is -2.39. The largest absolute Gasteiger partial charge is 0.352 e. The standard InChI is InChI=1S/C12H15BrN2O2/c1-8(2)15-11(16)7-14-12(17)9-5-3-4-6-10(9)13/h3-6,8H,7H2,1-2H3,(H,14,17)(H,15,16). The normalized spacial score (nSPS) is 10.1. The molecule has 0 saturated heterocycles. The average Bonchev–Trinajstić information content (AvgIpc) is 2.25. The molecule has 0 saturated carbocycles. The number of hydrogen-bond donors (Lipinski definition) is 2. The van der Waals surface area contributed by atoms with E-state index in [-0.39, 0.29) is 24.4 Å². The predicted molar refractivity (Wildman–Crippen MR) is 69.8 cm³/mol. The fourth-order valence-electron chi connectivity index (χ4n) is 1.27. The molecule has 1 rings (SSSR count). The summed E-state index contributed by atoms with van der Waals surface area (Å²) in [5.74, 6) is -0.461. The molecule has 0 unspecified atom stereocenters. The predicted octanol–water partition coefficient (Wildman–Crippen LogP) is 1.70. The van der Waals surface area contributed by atoms with E-state index in [2.05, 4.69) is 26.6 Å². The second-order valence-corrected chi connectivity index (χ2v) is 4.74. The third-order valence-electron chi connectivity index (χ3n) is 1.98. The van der Waals surface area contributed by atoms with Crippen molar-refractivity contribution in [3.8, 4) is 0 Å². The summed E-state index contributed by atoms with van der Waals surface area (Å²) in [4.78, 5) is 23.1. The Bertz CT molecular complexity index is 419. The molecule has 0 heterocycles. The summed E-state index contributed by atoms with van der Waals surface area (Å²) in [6.07, 6.45) is 0. The summed E-state index contributed by atoms with van der Waals surface area (Å²) in [6.45, 7) is 3.72. The van der Waals surface area contributed by atoms with Crippen LogP contribution in [0.15, 0.2) is 28.7 Å². The van der Waals surface area contributed by atoms with Gasteiger partial charge in [0, 0.05) is 10.5 Å². The van der Waals surface area contributed by atoms with Crippen molar-refractivity contribution in [2.75, 3.05) is 6.54 Å². The molecule has 17 heavy (non-hydrogen) atoms. The first kappa shape index (κ1) is 13.7. The zero-order chi connectivity index (χ0) is 12.8. The maximum atomic E-state index is 11.7. The lowest BCUT2D eigenvalue weighted by atomic mass is 10.2. The summed E-state index contributed by atoms with van der Waals surface area (Å²) < 4.78 is 0.710. The van der Waals surface area contributed by atoms with Gasteiger partial charge in [0.25, 0.3) is 5.91 Å². The number of benzene rings is 1. The molecule has 92 valence electrons. The van der Waals surface area contributed by atoms with E-state index < -0.39 is 0 Å². The van der Waals surface area contributed by atoms with Crippen LogP contribution in [-0.4, -0.2) is 24.4 Å². The Morgan fingerprint density at radius 2 is 1.94 bits per heavy atom. The molecule has 0 aliphatic heterocycles. The van der Waals surface area contributed by atoms with E-state index in [9.17, 15) is 9.59 Å². The van der Waals surface area contributed by atoms with Crippen LogP contribution in [-0.2, 0) is 4.79 Å². The second-order valence-electron chi connectivity index (χ2n) is 3.88. The van der Waals surface area contributed by atoms with Crippen LogP contribution in [0.5, 0.6) is 0 Å². The van der Waals surface area contributed by atoms with Gasteiger partial charge >= 0.3 is 0 Å². The molecule has 0 aliphatic rings. The molecule has 2 N–H and O–H groups in total. The summed E-state index contributed by atoms with van der Waals surface area (Å²) >= 11 is 3.28. The lowest BCUT2D eigenvalue weighted by Gasteiger charge is -2.09. The maximum absolute atomic E-state index is 11.7. The van der Waals surface area contributed by atoms with Crippen LogP contribution in [0.3, 0.4) is 0 Å². The van der Waals surface area contributed by atoms with Crippen LogP contribution in [0, 0.1) is 0 Å². The number of amides is 2. The van der Waals surface area contributed by atoms with Gasteiger partial charge in [0.1, 0.15) is 0 Å². The highest BCUT2D eigenvalue weighted by Crippen LogP contribution is 2.15. The van der Waals surface area contributed by atoms with E-state index in [4.69, 9.17) is 0 Å². The number of halogens is 1. The van der Waals surface area contributed by atoms with Crippen molar-refractivity contribution in [2.24, 2.45) is 0 Å². The van der Waals surface area contributed by atoms with Crippen molar-refractivity contribution in [3.05, 3.63) is 34.3 Å².